The molecule has 1 saturated heterocycles. The highest BCUT2D eigenvalue weighted by Crippen LogP contribution is 2.47. The summed E-state index contributed by atoms with van der Waals surface area (Å²) >= 11 is 0. The zero-order valence-electron chi connectivity index (χ0n) is 20.2. The Kier molecular flexibility index (Phi) is 6.58. The average Bonchev–Trinajstić information content (AvgIpc) is 2.80. The maximum atomic E-state index is 12.8. The molecule has 1 aliphatic heterocycles. The Bertz CT molecular complexity index is 588. The van der Waals surface area contributed by atoms with Gasteiger partial charge in [0.05, 0.1) is 18.3 Å². The molecule has 2 aliphatic rings. The highest BCUT2D eigenvalue weighted by molar-refractivity contribution is 6.74. The van der Waals surface area contributed by atoms with Gasteiger partial charge < -0.3 is 13.6 Å². The number of hydrogen-bond acceptors (Lipinski definition) is 4. The van der Waals surface area contributed by atoms with Gasteiger partial charge in [-0.05, 0) is 56.0 Å². The van der Waals surface area contributed by atoms with Gasteiger partial charge in [0.2, 0.25) is 0 Å². The van der Waals surface area contributed by atoms with Crippen LogP contribution in [0.3, 0.4) is 0 Å². The molecule has 1 heterocycles. The van der Waals surface area contributed by atoms with Crippen LogP contribution in [0.15, 0.2) is 0 Å². The molecular weight excluding hydrogens is 384 g/mol. The Balaban J connectivity index is 2.37. The first-order valence-corrected chi connectivity index (χ1v) is 16.8. The van der Waals surface area contributed by atoms with Gasteiger partial charge in [-0.3, -0.25) is 4.79 Å². The van der Waals surface area contributed by atoms with Gasteiger partial charge in [-0.2, -0.15) is 0 Å². The van der Waals surface area contributed by atoms with Gasteiger partial charge in [-0.1, -0.05) is 41.5 Å². The van der Waals surface area contributed by atoms with Gasteiger partial charge in [-0.15, -0.1) is 0 Å². The molecular formula is C22H44O4Si2. The Morgan fingerprint density at radius 2 is 1.46 bits per heavy atom. The fourth-order valence-electron chi connectivity index (χ4n) is 3.81. The Labute approximate surface area is 175 Å². The van der Waals surface area contributed by atoms with Crippen molar-refractivity contribution in [3.8, 4) is 0 Å². The van der Waals surface area contributed by atoms with Crippen molar-refractivity contribution >= 4 is 22.4 Å². The topological polar surface area (TPSA) is 44.8 Å². The van der Waals surface area contributed by atoms with Crippen LogP contribution in [-0.4, -0.2) is 46.3 Å². The first-order valence-electron chi connectivity index (χ1n) is 11.0. The van der Waals surface area contributed by atoms with Crippen LogP contribution in [0.25, 0.3) is 0 Å². The summed E-state index contributed by atoms with van der Waals surface area (Å²) in [5.41, 5.74) is -0.653. The third-order valence-corrected chi connectivity index (χ3v) is 16.7. The quantitative estimate of drug-likeness (QED) is 0.510. The number of ketones is 1. The fraction of sp³-hybridized carbons (Fsp3) is 0.955. The van der Waals surface area contributed by atoms with Gasteiger partial charge >= 0.3 is 0 Å². The predicted octanol–water partition coefficient (Wildman–Crippen LogP) is 6.07. The molecule has 4 nitrogen and oxygen atoms in total. The summed E-state index contributed by atoms with van der Waals surface area (Å²) in [4.78, 5) is 12.8. The lowest BCUT2D eigenvalue weighted by atomic mass is 9.86. The highest BCUT2D eigenvalue weighted by Gasteiger charge is 2.56. The van der Waals surface area contributed by atoms with Crippen molar-refractivity contribution in [2.45, 2.75) is 134 Å². The number of ether oxygens (including phenoxy) is 1. The largest absolute Gasteiger partial charge is 0.411 e. The molecule has 4 atom stereocenters. The lowest BCUT2D eigenvalue weighted by Gasteiger charge is -2.52. The molecule has 0 bridgehead atoms. The monoisotopic (exact) mass is 428 g/mol. The van der Waals surface area contributed by atoms with E-state index in [2.05, 4.69) is 74.7 Å². The van der Waals surface area contributed by atoms with Crippen molar-refractivity contribution in [2.75, 3.05) is 0 Å². The van der Waals surface area contributed by atoms with Crippen molar-refractivity contribution in [2.24, 2.45) is 0 Å². The van der Waals surface area contributed by atoms with E-state index in [-0.39, 0.29) is 34.2 Å². The minimum atomic E-state index is -2.01. The molecule has 1 aliphatic carbocycles. The summed E-state index contributed by atoms with van der Waals surface area (Å²) in [6, 6.07) is 0. The maximum absolute atomic E-state index is 12.8. The standard InChI is InChI=1S/C22H44O4Si2/c1-16-19(26-28(10,11)21(5,6)7)17(25-27(8,9)20(2,3)4)15-22(24-16)14-12-13-18(22)23/h16-17,19H,12-15H2,1-11H3/t16-,17-,19+,22-/m0/s1. The molecule has 0 aromatic rings. The lowest BCUT2D eigenvalue weighted by Crippen LogP contribution is -2.62. The molecule has 0 unspecified atom stereocenters. The molecule has 0 aromatic heterocycles. The summed E-state index contributed by atoms with van der Waals surface area (Å²) in [5, 5.41) is 0.232. The van der Waals surface area contributed by atoms with E-state index in [1.165, 1.54) is 0 Å². The first kappa shape index (κ1) is 24.3. The van der Waals surface area contributed by atoms with Crippen LogP contribution in [0.2, 0.25) is 36.3 Å². The minimum absolute atomic E-state index is 0.0826. The van der Waals surface area contributed by atoms with Crippen molar-refractivity contribution in [3.05, 3.63) is 0 Å². The molecule has 0 aromatic carbocycles. The average molecular weight is 429 g/mol. The molecule has 28 heavy (non-hydrogen) atoms. The van der Waals surface area contributed by atoms with Gasteiger partial charge in [0.25, 0.3) is 0 Å². The van der Waals surface area contributed by atoms with Gasteiger partial charge in [0, 0.05) is 12.8 Å². The van der Waals surface area contributed by atoms with Crippen molar-refractivity contribution in [1.82, 2.24) is 0 Å². The second-order valence-corrected chi connectivity index (χ2v) is 21.6. The Morgan fingerprint density at radius 1 is 0.964 bits per heavy atom. The van der Waals surface area contributed by atoms with E-state index in [9.17, 15) is 4.79 Å². The van der Waals surface area contributed by atoms with Crippen LogP contribution in [0.5, 0.6) is 0 Å². The molecule has 2 rings (SSSR count). The van der Waals surface area contributed by atoms with E-state index in [1.807, 2.05) is 0 Å². The first-order chi connectivity index (χ1) is 12.4. The Hall–Kier alpha value is -0.0162. The summed E-state index contributed by atoms with van der Waals surface area (Å²) < 4.78 is 20.2. The summed E-state index contributed by atoms with van der Waals surface area (Å²) in [5.74, 6) is 0.258. The molecule has 1 spiro atoms. The van der Waals surface area contributed by atoms with Crippen LogP contribution < -0.4 is 0 Å². The van der Waals surface area contributed by atoms with Crippen LogP contribution in [0.1, 0.15) is 74.1 Å². The smallest absolute Gasteiger partial charge is 0.192 e. The zero-order chi connectivity index (χ0) is 21.8. The molecule has 164 valence electrons. The number of carbonyl (C=O) groups is 1. The van der Waals surface area contributed by atoms with Crippen LogP contribution in [0, 0.1) is 0 Å². The highest BCUT2D eigenvalue weighted by atomic mass is 28.4. The number of hydrogen-bond donors (Lipinski definition) is 0. The zero-order valence-corrected chi connectivity index (χ0v) is 22.2. The number of Topliss-reactive ketones (excluding diaryl/α,β-unsaturated/α-hetero) is 1. The van der Waals surface area contributed by atoms with E-state index in [0.717, 1.165) is 12.8 Å². The molecule has 0 N–H and O–H groups in total. The molecule has 1 saturated carbocycles. The van der Waals surface area contributed by atoms with E-state index < -0.39 is 22.2 Å². The van der Waals surface area contributed by atoms with E-state index in [4.69, 9.17) is 13.6 Å². The summed E-state index contributed by atoms with van der Waals surface area (Å²) in [6.07, 6.45) is 2.68. The van der Waals surface area contributed by atoms with Crippen LogP contribution in [0.4, 0.5) is 0 Å². The van der Waals surface area contributed by atoms with Crippen molar-refractivity contribution in [3.63, 3.8) is 0 Å². The minimum Gasteiger partial charge on any atom is -0.411 e. The van der Waals surface area contributed by atoms with Crippen LogP contribution >= 0.6 is 0 Å². The summed E-state index contributed by atoms with van der Waals surface area (Å²) in [6.45, 7) is 24.8. The SMILES string of the molecule is C[C@@H]1O[C@@]2(CCCC2=O)C[C@H](O[Si](C)(C)C(C)(C)C)[C@@H]1O[Si](C)(C)C(C)(C)C. The molecule has 6 heteroatoms. The maximum Gasteiger partial charge on any atom is 0.192 e. The lowest BCUT2D eigenvalue weighted by molar-refractivity contribution is -0.199. The van der Waals surface area contributed by atoms with Gasteiger partial charge in [-0.25, -0.2) is 0 Å². The number of rotatable bonds is 4. The second-order valence-electron chi connectivity index (χ2n) is 12.1. The molecule has 0 radical (unpaired) electrons. The third-order valence-electron chi connectivity index (χ3n) is 7.75. The van der Waals surface area contributed by atoms with Gasteiger partial charge in [0.15, 0.2) is 22.4 Å². The predicted molar refractivity (Wildman–Crippen MR) is 121 cm³/mol. The van der Waals surface area contributed by atoms with E-state index in [0.29, 0.717) is 12.8 Å². The van der Waals surface area contributed by atoms with Gasteiger partial charge in [0.1, 0.15) is 5.60 Å². The van der Waals surface area contributed by atoms with Crippen molar-refractivity contribution < 1.29 is 18.4 Å². The number of carbonyl (C=O) groups excluding carboxylic acids is 1. The summed E-state index contributed by atoms with van der Waals surface area (Å²) in [7, 11) is -4.00. The van der Waals surface area contributed by atoms with E-state index in [1.54, 1.807) is 0 Å². The van der Waals surface area contributed by atoms with E-state index >= 15 is 0 Å². The second kappa shape index (κ2) is 7.59. The van der Waals surface area contributed by atoms with Crippen molar-refractivity contribution in [1.29, 1.82) is 0 Å². The molecule has 2 fully saturated rings. The van der Waals surface area contributed by atoms with Crippen LogP contribution in [-0.2, 0) is 18.4 Å². The molecule has 0 amide bonds. The third kappa shape index (κ3) is 4.66. The Morgan fingerprint density at radius 3 is 1.89 bits per heavy atom. The fourth-order valence-corrected chi connectivity index (χ4v) is 6.51. The normalized spacial score (nSPS) is 33.0.